The summed E-state index contributed by atoms with van der Waals surface area (Å²) in [5.41, 5.74) is 5.38. The maximum atomic E-state index is 13.0. The van der Waals surface area contributed by atoms with Crippen molar-refractivity contribution in [3.8, 4) is 11.1 Å². The Morgan fingerprint density at radius 3 is 1.20 bits per heavy atom. The quantitative estimate of drug-likeness (QED) is 0.257. The van der Waals surface area contributed by atoms with E-state index in [4.69, 9.17) is 9.47 Å². The van der Waals surface area contributed by atoms with Crippen molar-refractivity contribution in [2.24, 2.45) is 0 Å². The number of morpholine rings is 2. The van der Waals surface area contributed by atoms with Gasteiger partial charge >= 0.3 is 0 Å². The summed E-state index contributed by atoms with van der Waals surface area (Å²) in [6.45, 7) is 6.36. The molecule has 0 saturated carbocycles. The molecule has 0 aliphatic carbocycles. The molecule has 50 heavy (non-hydrogen) atoms. The SMILES string of the molecule is Cc1cc(-c2ccc(NC(=O)c3ccc(S(=O)(=O)N4CCOCC4)cc3)c(C)c2)ccc1NC(=O)c1ccc(S(=O)(=O)N2CCOCC2)cc1. The van der Waals surface area contributed by atoms with Gasteiger partial charge in [0.1, 0.15) is 0 Å². The standard InChI is InChI=1S/C36H38N4O8S2/c1-25-23-29(7-13-33(25)37-35(41)27-3-9-31(10-4-27)49(43,44)39-15-19-47-20-16-39)30-8-14-34(26(2)24-30)38-36(42)28-5-11-32(12-6-28)50(45,46)40-17-21-48-22-18-40/h3-14,23-24H,15-22H2,1-2H3,(H,37,41)(H,38,42). The summed E-state index contributed by atoms with van der Waals surface area (Å²) in [7, 11) is -7.31. The van der Waals surface area contributed by atoms with Crippen LogP contribution in [0.25, 0.3) is 11.1 Å². The number of ether oxygens (including phenoxy) is 2. The van der Waals surface area contributed by atoms with Gasteiger partial charge in [0.15, 0.2) is 0 Å². The highest BCUT2D eigenvalue weighted by molar-refractivity contribution is 7.89. The van der Waals surface area contributed by atoms with Gasteiger partial charge in [-0.2, -0.15) is 8.61 Å². The highest BCUT2D eigenvalue weighted by Crippen LogP contribution is 2.29. The van der Waals surface area contributed by atoms with Crippen LogP contribution in [-0.4, -0.2) is 89.9 Å². The van der Waals surface area contributed by atoms with Gasteiger partial charge in [-0.3, -0.25) is 9.59 Å². The molecule has 14 heteroatoms. The first-order valence-corrected chi connectivity index (χ1v) is 19.0. The number of hydrogen-bond donors (Lipinski definition) is 2. The Morgan fingerprint density at radius 2 is 0.880 bits per heavy atom. The van der Waals surface area contributed by atoms with E-state index in [1.165, 1.54) is 57.1 Å². The molecule has 0 unspecified atom stereocenters. The second-order valence-corrected chi connectivity index (χ2v) is 15.9. The fourth-order valence-corrected chi connectivity index (χ4v) is 8.60. The molecule has 0 radical (unpaired) electrons. The molecule has 2 saturated heterocycles. The Bertz CT molecular complexity index is 1960. The van der Waals surface area contributed by atoms with E-state index in [1.54, 1.807) is 0 Å². The van der Waals surface area contributed by atoms with Gasteiger partial charge < -0.3 is 20.1 Å². The highest BCUT2D eigenvalue weighted by Gasteiger charge is 2.27. The predicted molar refractivity (Wildman–Crippen MR) is 189 cm³/mol. The first-order chi connectivity index (χ1) is 23.9. The van der Waals surface area contributed by atoms with Gasteiger partial charge in [0.25, 0.3) is 11.8 Å². The molecule has 0 bridgehead atoms. The molecule has 2 aliphatic rings. The summed E-state index contributed by atoms with van der Waals surface area (Å²) >= 11 is 0. The van der Waals surface area contributed by atoms with Crippen molar-refractivity contribution in [2.45, 2.75) is 23.6 Å². The molecule has 2 N–H and O–H groups in total. The van der Waals surface area contributed by atoms with E-state index in [0.29, 0.717) is 75.1 Å². The summed E-state index contributed by atoms with van der Waals surface area (Å²) in [5.74, 6) is -0.721. The van der Waals surface area contributed by atoms with E-state index in [1.807, 2.05) is 50.2 Å². The Kier molecular flexibility index (Phi) is 10.5. The van der Waals surface area contributed by atoms with Crippen LogP contribution in [0.3, 0.4) is 0 Å². The maximum absolute atomic E-state index is 13.0. The van der Waals surface area contributed by atoms with Crippen LogP contribution < -0.4 is 10.6 Å². The summed E-state index contributed by atoms with van der Waals surface area (Å²) in [6.07, 6.45) is 0. The van der Waals surface area contributed by atoms with E-state index < -0.39 is 20.0 Å². The molecule has 0 aromatic heterocycles. The Labute approximate surface area is 292 Å². The maximum Gasteiger partial charge on any atom is 0.255 e. The minimum atomic E-state index is -3.66. The number of carbonyl (C=O) groups is 2. The van der Waals surface area contributed by atoms with Gasteiger partial charge in [0.05, 0.1) is 36.2 Å². The fraction of sp³-hybridized carbons (Fsp3) is 0.278. The van der Waals surface area contributed by atoms with E-state index in [2.05, 4.69) is 10.6 Å². The first kappa shape index (κ1) is 35.4. The Balaban J connectivity index is 1.08. The largest absolute Gasteiger partial charge is 0.379 e. The monoisotopic (exact) mass is 718 g/mol. The van der Waals surface area contributed by atoms with Crippen LogP contribution in [-0.2, 0) is 29.5 Å². The van der Waals surface area contributed by atoms with Crippen molar-refractivity contribution in [2.75, 3.05) is 63.2 Å². The average Bonchev–Trinajstić information content (AvgIpc) is 3.14. The molecule has 4 aromatic rings. The molecule has 2 fully saturated rings. The molecule has 4 aromatic carbocycles. The summed E-state index contributed by atoms with van der Waals surface area (Å²) < 4.78 is 64.9. The third-order valence-electron chi connectivity index (χ3n) is 8.73. The number of carbonyl (C=O) groups excluding carboxylic acids is 2. The normalized spacial score (nSPS) is 16.1. The van der Waals surface area contributed by atoms with Gasteiger partial charge in [-0.25, -0.2) is 16.8 Å². The number of aryl methyl sites for hydroxylation is 2. The van der Waals surface area contributed by atoms with Crippen LogP contribution in [0.5, 0.6) is 0 Å². The van der Waals surface area contributed by atoms with Gasteiger partial charge in [0.2, 0.25) is 20.0 Å². The number of benzene rings is 4. The molecule has 0 spiro atoms. The number of sulfonamides is 2. The fourth-order valence-electron chi connectivity index (χ4n) is 5.78. The van der Waals surface area contributed by atoms with Gasteiger partial charge in [-0.05, 0) is 109 Å². The zero-order valence-corrected chi connectivity index (χ0v) is 29.3. The van der Waals surface area contributed by atoms with Crippen molar-refractivity contribution in [3.05, 3.63) is 107 Å². The lowest BCUT2D eigenvalue weighted by Gasteiger charge is -2.26. The smallest absolute Gasteiger partial charge is 0.255 e. The van der Waals surface area contributed by atoms with Crippen molar-refractivity contribution in [3.63, 3.8) is 0 Å². The number of nitrogens with one attached hydrogen (secondary N) is 2. The number of anilines is 2. The molecule has 0 atom stereocenters. The molecule has 2 heterocycles. The topological polar surface area (TPSA) is 151 Å². The summed E-state index contributed by atoms with van der Waals surface area (Å²) in [4.78, 5) is 26.3. The van der Waals surface area contributed by atoms with Crippen LogP contribution in [0.4, 0.5) is 11.4 Å². The minimum absolute atomic E-state index is 0.128. The third kappa shape index (κ3) is 7.65. The predicted octanol–water partition coefficient (Wildman–Crippen LogP) is 4.52. The van der Waals surface area contributed by atoms with Crippen molar-refractivity contribution >= 4 is 43.2 Å². The Hall–Kier alpha value is -4.44. The number of hydrogen-bond acceptors (Lipinski definition) is 8. The molecule has 2 amide bonds. The number of amides is 2. The highest BCUT2D eigenvalue weighted by atomic mass is 32.2. The summed E-state index contributed by atoms with van der Waals surface area (Å²) in [5, 5.41) is 5.82. The zero-order valence-electron chi connectivity index (χ0n) is 27.7. The van der Waals surface area contributed by atoms with E-state index in [0.717, 1.165) is 22.3 Å². The van der Waals surface area contributed by atoms with Crippen LogP contribution in [0.15, 0.2) is 94.7 Å². The van der Waals surface area contributed by atoms with Crippen molar-refractivity contribution < 1.29 is 35.9 Å². The van der Waals surface area contributed by atoms with Crippen LogP contribution in [0.2, 0.25) is 0 Å². The lowest BCUT2D eigenvalue weighted by atomic mass is 9.99. The molecule has 262 valence electrons. The molecule has 2 aliphatic heterocycles. The van der Waals surface area contributed by atoms with Gasteiger partial charge in [-0.1, -0.05) is 12.1 Å². The van der Waals surface area contributed by atoms with Gasteiger partial charge in [0, 0.05) is 48.7 Å². The summed E-state index contributed by atoms with van der Waals surface area (Å²) in [6, 6.07) is 23.1. The molecular weight excluding hydrogens is 681 g/mol. The number of nitrogens with zero attached hydrogens (tertiary/aromatic N) is 2. The molecular formula is C36H38N4O8S2. The van der Waals surface area contributed by atoms with E-state index >= 15 is 0 Å². The lowest BCUT2D eigenvalue weighted by molar-refractivity contribution is 0.0730. The van der Waals surface area contributed by atoms with Crippen LogP contribution in [0.1, 0.15) is 31.8 Å². The van der Waals surface area contributed by atoms with Crippen LogP contribution in [0, 0.1) is 13.8 Å². The molecule has 6 rings (SSSR count). The first-order valence-electron chi connectivity index (χ1n) is 16.1. The van der Waals surface area contributed by atoms with Gasteiger partial charge in [-0.15, -0.1) is 0 Å². The number of rotatable bonds is 9. The average molecular weight is 719 g/mol. The second-order valence-electron chi connectivity index (χ2n) is 12.0. The second kappa shape index (κ2) is 14.8. The lowest BCUT2D eigenvalue weighted by Crippen LogP contribution is -2.40. The molecule has 12 nitrogen and oxygen atoms in total. The zero-order chi connectivity index (χ0) is 35.5. The third-order valence-corrected chi connectivity index (χ3v) is 12.6. The van der Waals surface area contributed by atoms with E-state index in [9.17, 15) is 26.4 Å². The minimum Gasteiger partial charge on any atom is -0.379 e. The van der Waals surface area contributed by atoms with Crippen molar-refractivity contribution in [1.82, 2.24) is 8.61 Å². The van der Waals surface area contributed by atoms with Crippen LogP contribution >= 0.6 is 0 Å². The van der Waals surface area contributed by atoms with E-state index in [-0.39, 0.29) is 21.6 Å². The van der Waals surface area contributed by atoms with Crippen molar-refractivity contribution in [1.29, 1.82) is 0 Å². The Morgan fingerprint density at radius 1 is 0.540 bits per heavy atom.